The van der Waals surface area contributed by atoms with Gasteiger partial charge in [-0.05, 0) is 55.2 Å². The van der Waals surface area contributed by atoms with E-state index in [4.69, 9.17) is 4.74 Å². The van der Waals surface area contributed by atoms with Crippen LogP contribution in [-0.4, -0.2) is 28.3 Å². The fraction of sp³-hybridized carbons (Fsp3) is 0.290. The maximum absolute atomic E-state index is 13.3. The molecule has 1 amide bonds. The minimum Gasteiger partial charge on any atom is -0.507 e. The molecule has 3 aromatic rings. The summed E-state index contributed by atoms with van der Waals surface area (Å²) in [5.74, 6) is -0.691. The predicted octanol–water partition coefficient (Wildman–Crippen LogP) is 6.49. The number of rotatable bonds is 9. The summed E-state index contributed by atoms with van der Waals surface area (Å²) in [5.41, 5.74) is 4.13. The van der Waals surface area contributed by atoms with Crippen LogP contribution in [0.25, 0.3) is 5.76 Å². The standard InChI is InChI=1S/C31H33NO4/c1-4-5-9-18-36-25-16-14-24(15-17-25)28-27(29(33)26-19-21(2)12-13-22(26)3)30(34)31(35)32(28)20-23-10-7-6-8-11-23/h6-8,10-17,19,28,33H,4-5,9,18,20H2,1-3H3/b29-27+. The molecule has 5 heteroatoms. The van der Waals surface area contributed by atoms with Crippen LogP contribution in [0.15, 0.2) is 78.4 Å². The second kappa shape index (κ2) is 11.3. The number of carbonyl (C=O) groups excluding carboxylic acids is 2. The van der Waals surface area contributed by atoms with Gasteiger partial charge >= 0.3 is 0 Å². The van der Waals surface area contributed by atoms with E-state index in [2.05, 4.69) is 6.92 Å². The van der Waals surface area contributed by atoms with Gasteiger partial charge in [-0.2, -0.15) is 0 Å². The Labute approximate surface area is 213 Å². The van der Waals surface area contributed by atoms with Gasteiger partial charge in [-0.3, -0.25) is 9.59 Å². The number of ketones is 1. The molecule has 0 radical (unpaired) electrons. The van der Waals surface area contributed by atoms with E-state index >= 15 is 0 Å². The van der Waals surface area contributed by atoms with Crippen LogP contribution in [0.5, 0.6) is 5.75 Å². The quantitative estimate of drug-likeness (QED) is 0.163. The molecule has 36 heavy (non-hydrogen) atoms. The smallest absolute Gasteiger partial charge is 0.295 e. The van der Waals surface area contributed by atoms with Gasteiger partial charge in [0.2, 0.25) is 0 Å². The van der Waals surface area contributed by atoms with Crippen molar-refractivity contribution in [3.8, 4) is 5.75 Å². The van der Waals surface area contributed by atoms with Crippen LogP contribution < -0.4 is 4.74 Å². The van der Waals surface area contributed by atoms with E-state index in [1.807, 2.05) is 86.6 Å². The lowest BCUT2D eigenvalue weighted by Gasteiger charge is -2.26. The highest BCUT2D eigenvalue weighted by atomic mass is 16.5. The van der Waals surface area contributed by atoms with Crippen molar-refractivity contribution < 1.29 is 19.4 Å². The van der Waals surface area contributed by atoms with Crippen LogP contribution in [0.1, 0.15) is 60.0 Å². The topological polar surface area (TPSA) is 66.8 Å². The Balaban J connectivity index is 1.76. The first kappa shape index (κ1) is 25.2. The van der Waals surface area contributed by atoms with E-state index in [1.54, 1.807) is 4.90 Å². The molecule has 186 valence electrons. The van der Waals surface area contributed by atoms with Gasteiger partial charge in [-0.15, -0.1) is 0 Å². The fourth-order valence-electron chi connectivity index (χ4n) is 4.59. The highest BCUT2D eigenvalue weighted by molar-refractivity contribution is 6.46. The lowest BCUT2D eigenvalue weighted by atomic mass is 9.93. The summed E-state index contributed by atoms with van der Waals surface area (Å²) in [6.07, 6.45) is 3.23. The molecule has 1 aliphatic rings. The van der Waals surface area contributed by atoms with Gasteiger partial charge in [0.05, 0.1) is 18.2 Å². The molecule has 0 aliphatic carbocycles. The number of carbonyl (C=O) groups is 2. The van der Waals surface area contributed by atoms with Crippen LogP contribution in [0.2, 0.25) is 0 Å². The van der Waals surface area contributed by atoms with Gasteiger partial charge in [0.15, 0.2) is 0 Å². The summed E-state index contributed by atoms with van der Waals surface area (Å²) >= 11 is 0. The first-order valence-electron chi connectivity index (χ1n) is 12.5. The molecule has 0 bridgehead atoms. The van der Waals surface area contributed by atoms with Crippen LogP contribution in [0.3, 0.4) is 0 Å². The molecule has 0 spiro atoms. The van der Waals surface area contributed by atoms with E-state index in [0.29, 0.717) is 12.2 Å². The van der Waals surface area contributed by atoms with Gasteiger partial charge in [-0.25, -0.2) is 0 Å². The molecule has 3 aromatic carbocycles. The van der Waals surface area contributed by atoms with E-state index in [-0.39, 0.29) is 17.9 Å². The van der Waals surface area contributed by atoms with Gasteiger partial charge in [0.25, 0.3) is 11.7 Å². The number of Topliss-reactive ketones (excluding diaryl/α,β-unsaturated/α-hetero) is 1. The molecule has 0 aromatic heterocycles. The number of unbranched alkanes of at least 4 members (excludes halogenated alkanes) is 2. The number of likely N-dealkylation sites (tertiary alicyclic amines) is 1. The average Bonchev–Trinajstić information content (AvgIpc) is 3.13. The molecule has 1 heterocycles. The van der Waals surface area contributed by atoms with Gasteiger partial charge in [0, 0.05) is 12.1 Å². The van der Waals surface area contributed by atoms with Gasteiger partial charge in [0.1, 0.15) is 11.5 Å². The van der Waals surface area contributed by atoms with Crippen molar-refractivity contribution in [2.24, 2.45) is 0 Å². The zero-order chi connectivity index (χ0) is 25.7. The zero-order valence-electron chi connectivity index (χ0n) is 21.2. The summed E-state index contributed by atoms with van der Waals surface area (Å²) in [6, 6.07) is 22.0. The number of benzene rings is 3. The van der Waals surface area contributed by atoms with E-state index in [0.717, 1.165) is 47.3 Å². The number of nitrogens with zero attached hydrogens (tertiary/aromatic N) is 1. The lowest BCUT2D eigenvalue weighted by Crippen LogP contribution is -2.29. The predicted molar refractivity (Wildman–Crippen MR) is 142 cm³/mol. The Morgan fingerprint density at radius 1 is 0.944 bits per heavy atom. The molecular weight excluding hydrogens is 450 g/mol. The zero-order valence-corrected chi connectivity index (χ0v) is 21.2. The maximum atomic E-state index is 13.3. The number of aliphatic hydroxyl groups excluding tert-OH is 1. The van der Waals surface area contributed by atoms with Crippen LogP contribution in [0.4, 0.5) is 0 Å². The second-order valence-electron chi connectivity index (χ2n) is 9.36. The summed E-state index contributed by atoms with van der Waals surface area (Å²) < 4.78 is 5.85. The molecule has 1 unspecified atom stereocenters. The third kappa shape index (κ3) is 5.35. The Morgan fingerprint density at radius 2 is 1.67 bits per heavy atom. The van der Waals surface area contributed by atoms with Gasteiger partial charge < -0.3 is 14.7 Å². The van der Waals surface area contributed by atoms with Crippen LogP contribution in [0, 0.1) is 13.8 Å². The first-order valence-corrected chi connectivity index (χ1v) is 12.5. The van der Waals surface area contributed by atoms with Crippen molar-refractivity contribution in [3.63, 3.8) is 0 Å². The SMILES string of the molecule is CCCCCOc1ccc(C2/C(=C(\O)c3cc(C)ccc3C)C(=O)C(=O)N2Cc2ccccc2)cc1. The number of hydrogen-bond donors (Lipinski definition) is 1. The molecule has 5 nitrogen and oxygen atoms in total. The normalized spacial score (nSPS) is 17.0. The fourth-order valence-corrected chi connectivity index (χ4v) is 4.59. The number of hydrogen-bond acceptors (Lipinski definition) is 4. The maximum Gasteiger partial charge on any atom is 0.295 e. The van der Waals surface area contributed by atoms with Crippen molar-refractivity contribution in [2.45, 2.75) is 52.6 Å². The van der Waals surface area contributed by atoms with Crippen molar-refractivity contribution in [2.75, 3.05) is 6.61 Å². The van der Waals surface area contributed by atoms with Crippen molar-refractivity contribution in [1.29, 1.82) is 0 Å². The molecule has 4 rings (SSSR count). The minimum atomic E-state index is -0.709. The number of aliphatic hydroxyl groups is 1. The largest absolute Gasteiger partial charge is 0.507 e. The Morgan fingerprint density at radius 3 is 2.36 bits per heavy atom. The summed E-state index contributed by atoms with van der Waals surface area (Å²) in [5, 5.41) is 11.4. The Kier molecular flexibility index (Phi) is 7.89. The highest BCUT2D eigenvalue weighted by Crippen LogP contribution is 2.41. The van der Waals surface area contributed by atoms with Crippen molar-refractivity contribution in [1.82, 2.24) is 4.90 Å². The molecular formula is C31H33NO4. The second-order valence-corrected chi connectivity index (χ2v) is 9.36. The summed E-state index contributed by atoms with van der Waals surface area (Å²) in [4.78, 5) is 28.2. The number of aryl methyl sites for hydroxylation is 2. The molecule has 0 saturated carbocycles. The molecule has 1 saturated heterocycles. The third-order valence-electron chi connectivity index (χ3n) is 6.60. The average molecular weight is 484 g/mol. The highest BCUT2D eigenvalue weighted by Gasteiger charge is 2.46. The third-order valence-corrected chi connectivity index (χ3v) is 6.60. The minimum absolute atomic E-state index is 0.112. The number of ether oxygens (including phenoxy) is 1. The van der Waals surface area contributed by atoms with E-state index in [1.165, 1.54) is 0 Å². The number of amides is 1. The molecule has 1 aliphatic heterocycles. The van der Waals surface area contributed by atoms with Crippen molar-refractivity contribution in [3.05, 3.63) is 106 Å². The summed E-state index contributed by atoms with van der Waals surface area (Å²) in [6.45, 7) is 6.87. The summed E-state index contributed by atoms with van der Waals surface area (Å²) in [7, 11) is 0. The molecule has 1 fully saturated rings. The van der Waals surface area contributed by atoms with Gasteiger partial charge in [-0.1, -0.05) is 79.9 Å². The lowest BCUT2D eigenvalue weighted by molar-refractivity contribution is -0.140. The van der Waals surface area contributed by atoms with E-state index in [9.17, 15) is 14.7 Å². The Bertz CT molecular complexity index is 1260. The van der Waals surface area contributed by atoms with Crippen molar-refractivity contribution >= 4 is 17.4 Å². The Hall–Kier alpha value is -3.86. The van der Waals surface area contributed by atoms with Crippen LogP contribution >= 0.6 is 0 Å². The van der Waals surface area contributed by atoms with Crippen LogP contribution in [-0.2, 0) is 16.1 Å². The van der Waals surface area contributed by atoms with E-state index < -0.39 is 17.7 Å². The monoisotopic (exact) mass is 483 g/mol. The first-order chi connectivity index (χ1) is 17.4. The molecule has 1 N–H and O–H groups in total. The molecule has 1 atom stereocenters.